The number of anilines is 8. The van der Waals surface area contributed by atoms with E-state index in [2.05, 4.69) is 310 Å². The zero-order valence-corrected chi connectivity index (χ0v) is 50.0. The number of fused-ring (bicyclic) bond motifs is 16. The summed E-state index contributed by atoms with van der Waals surface area (Å²) in [6.45, 7) is 13.4. The number of ether oxygens (including phenoxy) is 1. The number of rotatable bonds is 5. The lowest BCUT2D eigenvalue weighted by Crippen LogP contribution is -2.64. The van der Waals surface area contributed by atoms with Gasteiger partial charge in [-0.05, 0) is 127 Å². The fourth-order valence-electron chi connectivity index (χ4n) is 15.3. The molecule has 4 aliphatic rings. The molecule has 12 aromatic carbocycles. The molecule has 0 spiro atoms. The van der Waals surface area contributed by atoms with Crippen molar-refractivity contribution in [3.8, 4) is 39.4 Å². The summed E-state index contributed by atoms with van der Waals surface area (Å²) >= 11 is 0. The fraction of sp³-hybridized carbons (Fsp3) is 0.100. The van der Waals surface area contributed by atoms with Crippen molar-refractivity contribution in [3.63, 3.8) is 0 Å². The molecule has 6 nitrogen and oxygen atoms in total. The van der Waals surface area contributed by atoms with Gasteiger partial charge in [0.25, 0.3) is 13.4 Å². The van der Waals surface area contributed by atoms with Gasteiger partial charge >= 0.3 is 0 Å². The first-order valence-electron chi connectivity index (χ1n) is 30.9. The summed E-state index contributed by atoms with van der Waals surface area (Å²) < 4.78 is 17.0. The van der Waals surface area contributed by atoms with Crippen molar-refractivity contribution in [1.29, 1.82) is 0 Å². The van der Waals surface area contributed by atoms with Crippen molar-refractivity contribution in [2.45, 2.75) is 52.4 Å². The number of para-hydroxylation sites is 7. The van der Waals surface area contributed by atoms with E-state index in [1.807, 2.05) is 0 Å². The molecule has 418 valence electrons. The second kappa shape index (κ2) is 18.5. The third-order valence-electron chi connectivity index (χ3n) is 19.3. The van der Waals surface area contributed by atoms with Crippen LogP contribution in [0.2, 0.25) is 0 Å². The van der Waals surface area contributed by atoms with E-state index in [4.69, 9.17) is 9.15 Å². The van der Waals surface area contributed by atoms with Crippen LogP contribution < -0.4 is 52.6 Å². The van der Waals surface area contributed by atoms with Gasteiger partial charge in [-0.25, -0.2) is 0 Å². The topological polar surface area (TPSA) is 45.8 Å². The molecule has 0 atom stereocenters. The molecule has 0 amide bonds. The lowest BCUT2D eigenvalue weighted by molar-refractivity contribution is 0.493. The van der Waals surface area contributed by atoms with Crippen molar-refractivity contribution in [1.82, 2.24) is 4.57 Å². The second-order valence-corrected chi connectivity index (χ2v) is 26.4. The minimum atomic E-state index is -0.203. The second-order valence-electron chi connectivity index (χ2n) is 26.4. The summed E-state index contributed by atoms with van der Waals surface area (Å²) in [6.07, 6.45) is 0. The Kier molecular flexibility index (Phi) is 10.7. The fourth-order valence-corrected chi connectivity index (χ4v) is 15.3. The lowest BCUT2D eigenvalue weighted by Gasteiger charge is -2.46. The van der Waals surface area contributed by atoms with Crippen molar-refractivity contribution in [2.24, 2.45) is 0 Å². The number of hydrogen-bond acceptors (Lipinski definition) is 5. The van der Waals surface area contributed by atoms with Crippen LogP contribution in [0, 0.1) is 0 Å². The van der Waals surface area contributed by atoms with Gasteiger partial charge in [-0.1, -0.05) is 224 Å². The maximum atomic E-state index is 7.37. The first kappa shape index (κ1) is 50.9. The Hall–Kier alpha value is -10.4. The predicted molar refractivity (Wildman–Crippen MR) is 371 cm³/mol. The minimum Gasteiger partial charge on any atom is -0.458 e. The van der Waals surface area contributed by atoms with Crippen molar-refractivity contribution in [3.05, 3.63) is 260 Å². The van der Waals surface area contributed by atoms with Crippen LogP contribution >= 0.6 is 0 Å². The molecular formula is C80H60B2N4O2. The summed E-state index contributed by atoms with van der Waals surface area (Å²) in [5, 5.41) is 8.66. The van der Waals surface area contributed by atoms with E-state index in [9.17, 15) is 0 Å². The zero-order valence-electron chi connectivity index (χ0n) is 50.0. The molecule has 18 rings (SSSR count). The Balaban J connectivity index is 0.989. The number of nitrogens with one attached hydrogen (secondary N) is 1. The van der Waals surface area contributed by atoms with E-state index >= 15 is 0 Å². The van der Waals surface area contributed by atoms with E-state index in [0.29, 0.717) is 0 Å². The molecule has 6 heterocycles. The first-order chi connectivity index (χ1) is 42.9. The van der Waals surface area contributed by atoms with Gasteiger partial charge in [0.15, 0.2) is 0 Å². The van der Waals surface area contributed by atoms with E-state index in [0.717, 1.165) is 140 Å². The highest BCUT2D eigenvalue weighted by atomic mass is 16.5. The van der Waals surface area contributed by atoms with Crippen molar-refractivity contribution in [2.75, 3.05) is 15.1 Å². The maximum absolute atomic E-state index is 7.37. The number of nitrogens with zero attached hydrogens (tertiary/aromatic N) is 3. The van der Waals surface area contributed by atoms with Crippen LogP contribution in [0.25, 0.3) is 71.7 Å². The van der Waals surface area contributed by atoms with E-state index in [-0.39, 0.29) is 24.3 Å². The molecule has 0 unspecified atom stereocenters. The molecule has 0 radical (unpaired) electrons. The third kappa shape index (κ3) is 7.32. The Labute approximate surface area is 513 Å². The van der Waals surface area contributed by atoms with Gasteiger partial charge in [0.1, 0.15) is 22.7 Å². The van der Waals surface area contributed by atoms with Gasteiger partial charge in [-0.15, -0.1) is 0 Å². The monoisotopic (exact) mass is 1130 g/mol. The van der Waals surface area contributed by atoms with Crippen LogP contribution in [0.3, 0.4) is 0 Å². The minimum absolute atomic E-state index is 0.0266. The van der Waals surface area contributed by atoms with Crippen molar-refractivity contribution >= 4 is 135 Å². The zero-order chi connectivity index (χ0) is 58.9. The van der Waals surface area contributed by atoms with Gasteiger partial charge in [0.05, 0.1) is 33.2 Å². The maximum Gasteiger partial charge on any atom is 0.256 e. The molecule has 4 aliphatic heterocycles. The lowest BCUT2D eigenvalue weighted by atomic mass is 9.30. The Morgan fingerprint density at radius 1 is 0.386 bits per heavy atom. The third-order valence-corrected chi connectivity index (χ3v) is 19.3. The average Bonchev–Trinajstić information content (AvgIpc) is 1.07. The molecule has 2 aromatic heterocycles. The van der Waals surface area contributed by atoms with Gasteiger partial charge in [0.2, 0.25) is 0 Å². The van der Waals surface area contributed by atoms with E-state index in [1.54, 1.807) is 0 Å². The molecule has 14 aromatic rings. The number of aromatic nitrogens is 1. The predicted octanol–water partition coefficient (Wildman–Crippen LogP) is 17.4. The quantitative estimate of drug-likeness (QED) is 0.174. The normalized spacial score (nSPS) is 13.7. The molecule has 0 fully saturated rings. The van der Waals surface area contributed by atoms with Gasteiger partial charge in [0, 0.05) is 67.8 Å². The highest BCUT2D eigenvalue weighted by Gasteiger charge is 2.48. The number of furan rings is 1. The van der Waals surface area contributed by atoms with Crippen LogP contribution in [0.5, 0.6) is 11.5 Å². The largest absolute Gasteiger partial charge is 0.458 e. The van der Waals surface area contributed by atoms with E-state index < -0.39 is 0 Å². The summed E-state index contributed by atoms with van der Waals surface area (Å²) in [4.78, 5) is 5.15. The highest BCUT2D eigenvalue weighted by Crippen LogP contribution is 2.54. The molecule has 88 heavy (non-hydrogen) atoms. The molecule has 0 bridgehead atoms. The molecule has 8 heteroatoms. The first-order valence-corrected chi connectivity index (χ1v) is 30.9. The smallest absolute Gasteiger partial charge is 0.256 e. The molecule has 0 saturated carbocycles. The Bertz CT molecular complexity index is 5170. The number of benzene rings is 12. The van der Waals surface area contributed by atoms with Crippen molar-refractivity contribution < 1.29 is 9.15 Å². The summed E-state index contributed by atoms with van der Waals surface area (Å²) in [6, 6.07) is 92.4. The molecular weight excluding hydrogens is 1070 g/mol. The SMILES string of the molecule is CC(C)(C)c1ccc(-c2cccc(-c3ccc(C(C)(C)C)cc3)c2N2c3cc4c(cc3B3c5ccccc5N(c5ccccc5)c5c3c2cc2oc3ccccc3c52)B2c3ccccc3Oc3c2c(cc2c3c3ccccc3n2-c2ccccc2)N4)cc1. The van der Waals surface area contributed by atoms with Crippen LogP contribution in [0.4, 0.5) is 45.5 Å². The van der Waals surface area contributed by atoms with Crippen LogP contribution in [-0.4, -0.2) is 18.0 Å². The number of hydrogen-bond donors (Lipinski definition) is 1. The van der Waals surface area contributed by atoms with Gasteiger partial charge < -0.3 is 28.8 Å². The van der Waals surface area contributed by atoms with Crippen LogP contribution in [0.1, 0.15) is 52.7 Å². The summed E-state index contributed by atoms with van der Waals surface area (Å²) in [5.41, 5.74) is 28.0. The Morgan fingerprint density at radius 3 is 1.69 bits per heavy atom. The van der Waals surface area contributed by atoms with Gasteiger partial charge in [-0.2, -0.15) is 0 Å². The standard InChI is InChI=1S/C80H60B2N4O2/c1-79(2,3)50-40-36-48(37-41-50)54-28-21-29-55(49-38-42-51(43-39-49)80(4,5)6)76(54)86-66-45-62-60(82-59-31-16-20-35-70(59)88-78-72-56-26-13-17-32-64(56)84(52-22-9-7-10-23-52)67(72)46-63(83-62)74(78)82)44-61(66)81-58-30-15-18-33-65(58)85(53-24-11-8-12-25-53)77-73-57-27-14-19-34-69(57)87-71(73)47-68(86)75(77)81/h7-47,83H,1-6H3. The summed E-state index contributed by atoms with van der Waals surface area (Å²) in [5.74, 6) is 1.77. The van der Waals surface area contributed by atoms with Crippen LogP contribution in [-0.2, 0) is 10.8 Å². The summed E-state index contributed by atoms with van der Waals surface area (Å²) in [7, 11) is 0. The van der Waals surface area contributed by atoms with E-state index in [1.165, 1.54) is 33.0 Å². The highest BCUT2D eigenvalue weighted by molar-refractivity contribution is 7.03. The average molecular weight is 1130 g/mol. The Morgan fingerprint density at radius 2 is 0.989 bits per heavy atom. The van der Waals surface area contributed by atoms with Crippen LogP contribution in [0.15, 0.2) is 253 Å². The molecule has 0 aliphatic carbocycles. The molecule has 1 N–H and O–H groups in total. The van der Waals surface area contributed by atoms with Gasteiger partial charge in [-0.3, -0.25) is 0 Å². The molecule has 0 saturated heterocycles.